The molecule has 0 aliphatic rings. The summed E-state index contributed by atoms with van der Waals surface area (Å²) in [5.41, 5.74) is 0.435. The first-order valence-electron chi connectivity index (χ1n) is 6.74. The molecule has 2 rings (SSSR count). The van der Waals surface area contributed by atoms with Gasteiger partial charge in [-0.3, -0.25) is 9.69 Å². The second-order valence-electron chi connectivity index (χ2n) is 5.14. The number of carbonyl (C=O) groups excluding carboxylic acids is 1. The van der Waals surface area contributed by atoms with E-state index in [1.165, 1.54) is 24.3 Å². The lowest BCUT2D eigenvalue weighted by molar-refractivity contribution is 0.0939. The minimum absolute atomic E-state index is 0.0527. The first kappa shape index (κ1) is 15.3. The van der Waals surface area contributed by atoms with E-state index in [0.29, 0.717) is 12.1 Å². The Labute approximate surface area is 123 Å². The van der Waals surface area contributed by atoms with Crippen molar-refractivity contribution in [3.8, 4) is 0 Å². The Balaban J connectivity index is 2.02. The Kier molecular flexibility index (Phi) is 4.75. The van der Waals surface area contributed by atoms with Crippen LogP contribution in [-0.4, -0.2) is 31.4 Å². The van der Waals surface area contributed by atoms with Gasteiger partial charge in [0.2, 0.25) is 0 Å². The van der Waals surface area contributed by atoms with Gasteiger partial charge in [0.15, 0.2) is 0 Å². The second-order valence-corrected chi connectivity index (χ2v) is 5.14. The average Bonchev–Trinajstić information content (AvgIpc) is 2.85. The molecule has 0 fully saturated rings. The first-order chi connectivity index (χ1) is 9.97. The largest absolute Gasteiger partial charge is 0.465 e. The Bertz CT molecular complexity index is 605. The third-order valence-electron chi connectivity index (χ3n) is 3.28. The standard InChI is InChI=1S/C16H19FN2O2/c1-11-4-9-15(21-11)14(19(2)3)10-18-16(20)12-5-7-13(17)8-6-12/h4-9,14H,10H2,1-3H3,(H,18,20)/t14-/m1/s1. The molecular weight excluding hydrogens is 271 g/mol. The number of halogens is 1. The smallest absolute Gasteiger partial charge is 0.251 e. The number of aryl methyl sites for hydroxylation is 1. The van der Waals surface area contributed by atoms with Gasteiger partial charge in [0.05, 0.1) is 6.04 Å². The normalized spacial score (nSPS) is 12.4. The van der Waals surface area contributed by atoms with Gasteiger partial charge in [0, 0.05) is 12.1 Å². The maximum Gasteiger partial charge on any atom is 0.251 e. The van der Waals surface area contributed by atoms with Crippen LogP contribution in [0.1, 0.15) is 27.9 Å². The molecule has 1 N–H and O–H groups in total. The maximum atomic E-state index is 12.8. The average molecular weight is 290 g/mol. The predicted octanol–water partition coefficient (Wildman–Crippen LogP) is 2.76. The van der Waals surface area contributed by atoms with Gasteiger partial charge in [-0.15, -0.1) is 0 Å². The molecule has 112 valence electrons. The van der Waals surface area contributed by atoms with Crippen LogP contribution in [0.5, 0.6) is 0 Å². The lowest BCUT2D eigenvalue weighted by Crippen LogP contribution is -2.34. The number of hydrogen-bond donors (Lipinski definition) is 1. The highest BCUT2D eigenvalue weighted by Gasteiger charge is 2.19. The van der Waals surface area contributed by atoms with Crippen molar-refractivity contribution in [2.24, 2.45) is 0 Å². The number of likely N-dealkylation sites (N-methyl/N-ethyl adjacent to an activating group) is 1. The van der Waals surface area contributed by atoms with Crippen LogP contribution in [-0.2, 0) is 0 Å². The molecule has 4 nitrogen and oxygen atoms in total. The molecule has 5 heteroatoms. The van der Waals surface area contributed by atoms with E-state index in [1.54, 1.807) is 0 Å². The number of carbonyl (C=O) groups is 1. The predicted molar refractivity (Wildman–Crippen MR) is 78.6 cm³/mol. The summed E-state index contributed by atoms with van der Waals surface area (Å²) in [5.74, 6) is 1.05. The lowest BCUT2D eigenvalue weighted by atomic mass is 10.1. The maximum absolute atomic E-state index is 12.8. The molecule has 0 aliphatic heterocycles. The molecule has 21 heavy (non-hydrogen) atoms. The second kappa shape index (κ2) is 6.54. The molecule has 0 bridgehead atoms. The molecular formula is C16H19FN2O2. The zero-order valence-corrected chi connectivity index (χ0v) is 12.4. The molecule has 1 heterocycles. The van der Waals surface area contributed by atoms with E-state index in [2.05, 4.69) is 5.32 Å². The summed E-state index contributed by atoms with van der Waals surface area (Å²) in [5, 5.41) is 2.84. The van der Waals surface area contributed by atoms with Crippen LogP contribution in [0.3, 0.4) is 0 Å². The molecule has 0 unspecified atom stereocenters. The number of benzene rings is 1. The number of furan rings is 1. The van der Waals surface area contributed by atoms with Crippen molar-refractivity contribution in [3.05, 3.63) is 59.3 Å². The highest BCUT2D eigenvalue weighted by atomic mass is 19.1. The van der Waals surface area contributed by atoms with Crippen LogP contribution in [0, 0.1) is 12.7 Å². The van der Waals surface area contributed by atoms with E-state index in [1.807, 2.05) is 38.1 Å². The van der Waals surface area contributed by atoms with Crippen LogP contribution >= 0.6 is 0 Å². The van der Waals surface area contributed by atoms with Crippen LogP contribution in [0.4, 0.5) is 4.39 Å². The van der Waals surface area contributed by atoms with E-state index in [9.17, 15) is 9.18 Å². The highest BCUT2D eigenvalue weighted by molar-refractivity contribution is 5.94. The monoisotopic (exact) mass is 290 g/mol. The van der Waals surface area contributed by atoms with E-state index in [0.717, 1.165) is 11.5 Å². The quantitative estimate of drug-likeness (QED) is 0.921. The molecule has 2 aromatic rings. The fraction of sp³-hybridized carbons (Fsp3) is 0.312. The van der Waals surface area contributed by atoms with Crippen molar-refractivity contribution >= 4 is 5.91 Å². The van der Waals surface area contributed by atoms with Gasteiger partial charge in [-0.05, 0) is 57.4 Å². The molecule has 1 aromatic heterocycles. The summed E-state index contributed by atoms with van der Waals surface area (Å²) in [7, 11) is 3.85. The van der Waals surface area contributed by atoms with Crippen molar-refractivity contribution in [1.29, 1.82) is 0 Å². The zero-order valence-electron chi connectivity index (χ0n) is 12.4. The minimum atomic E-state index is -0.358. The van der Waals surface area contributed by atoms with Crippen LogP contribution < -0.4 is 5.32 Å². The highest BCUT2D eigenvalue weighted by Crippen LogP contribution is 2.20. The van der Waals surface area contributed by atoms with Gasteiger partial charge in [-0.2, -0.15) is 0 Å². The van der Waals surface area contributed by atoms with Crippen molar-refractivity contribution in [2.75, 3.05) is 20.6 Å². The number of hydrogen-bond acceptors (Lipinski definition) is 3. The fourth-order valence-corrected chi connectivity index (χ4v) is 2.06. The number of nitrogens with one attached hydrogen (secondary N) is 1. The number of nitrogens with zero attached hydrogens (tertiary/aromatic N) is 1. The molecule has 1 amide bonds. The van der Waals surface area contributed by atoms with Gasteiger partial charge < -0.3 is 9.73 Å². The van der Waals surface area contributed by atoms with Crippen molar-refractivity contribution in [2.45, 2.75) is 13.0 Å². The van der Waals surface area contributed by atoms with Crippen molar-refractivity contribution in [1.82, 2.24) is 10.2 Å². The number of amides is 1. The molecule has 1 aromatic carbocycles. The summed E-state index contributed by atoms with van der Waals surface area (Å²) in [4.78, 5) is 14.0. The van der Waals surface area contributed by atoms with E-state index in [4.69, 9.17) is 4.42 Å². The van der Waals surface area contributed by atoms with Gasteiger partial charge in [0.1, 0.15) is 17.3 Å². The van der Waals surface area contributed by atoms with Crippen LogP contribution in [0.2, 0.25) is 0 Å². The van der Waals surface area contributed by atoms with Crippen LogP contribution in [0.15, 0.2) is 40.8 Å². The Morgan fingerprint density at radius 3 is 2.43 bits per heavy atom. The summed E-state index contributed by atoms with van der Waals surface area (Å²) in [6.45, 7) is 2.30. The topological polar surface area (TPSA) is 45.5 Å². The summed E-state index contributed by atoms with van der Waals surface area (Å²) in [6.07, 6.45) is 0. The fourth-order valence-electron chi connectivity index (χ4n) is 2.06. The summed E-state index contributed by atoms with van der Waals surface area (Å²) in [6, 6.07) is 9.22. The van der Waals surface area contributed by atoms with Gasteiger partial charge in [0.25, 0.3) is 5.91 Å². The molecule has 0 saturated carbocycles. The third kappa shape index (κ3) is 3.92. The molecule has 0 aliphatic carbocycles. The SMILES string of the molecule is Cc1ccc([C@@H](CNC(=O)c2ccc(F)cc2)N(C)C)o1. The number of rotatable bonds is 5. The van der Waals surface area contributed by atoms with Crippen LogP contribution in [0.25, 0.3) is 0 Å². The Hall–Kier alpha value is -2.14. The summed E-state index contributed by atoms with van der Waals surface area (Å²) >= 11 is 0. The molecule has 1 atom stereocenters. The lowest BCUT2D eigenvalue weighted by Gasteiger charge is -2.22. The van der Waals surface area contributed by atoms with E-state index in [-0.39, 0.29) is 17.8 Å². The van der Waals surface area contributed by atoms with Crippen molar-refractivity contribution in [3.63, 3.8) is 0 Å². The zero-order chi connectivity index (χ0) is 15.4. The molecule has 0 spiro atoms. The minimum Gasteiger partial charge on any atom is -0.465 e. The molecule has 0 radical (unpaired) electrons. The van der Waals surface area contributed by atoms with Gasteiger partial charge >= 0.3 is 0 Å². The van der Waals surface area contributed by atoms with E-state index < -0.39 is 0 Å². The summed E-state index contributed by atoms with van der Waals surface area (Å²) < 4.78 is 18.5. The van der Waals surface area contributed by atoms with E-state index >= 15 is 0 Å². The Morgan fingerprint density at radius 1 is 1.24 bits per heavy atom. The first-order valence-corrected chi connectivity index (χ1v) is 6.74. The van der Waals surface area contributed by atoms with Crippen molar-refractivity contribution < 1.29 is 13.6 Å². The Morgan fingerprint density at radius 2 is 1.90 bits per heavy atom. The van der Waals surface area contributed by atoms with Gasteiger partial charge in [-0.1, -0.05) is 0 Å². The molecule has 0 saturated heterocycles. The third-order valence-corrected chi connectivity index (χ3v) is 3.28. The van der Waals surface area contributed by atoms with Gasteiger partial charge in [-0.25, -0.2) is 4.39 Å².